The molecule has 0 atom stereocenters. The van der Waals surface area contributed by atoms with Crippen molar-refractivity contribution in [2.45, 2.75) is 32.6 Å². The number of carboxylic acid groups (broad SMARTS) is 1. The maximum absolute atomic E-state index is 13.4. The van der Waals surface area contributed by atoms with Crippen LogP contribution in [0.4, 0.5) is 22.7 Å². The first-order chi connectivity index (χ1) is 16.8. The number of nitrogen functional groups attached to an aromatic ring is 2. The Balaban J connectivity index is 1.96. The van der Waals surface area contributed by atoms with Gasteiger partial charge in [0.1, 0.15) is 0 Å². The molecular formula is C27H30N4O4. The van der Waals surface area contributed by atoms with Gasteiger partial charge in [-0.05, 0) is 73.2 Å². The highest BCUT2D eigenvalue weighted by atomic mass is 16.4. The number of nitrogens with zero attached hydrogens (tertiary/aromatic N) is 1. The molecule has 0 spiro atoms. The lowest BCUT2D eigenvalue weighted by Gasteiger charge is -2.24. The molecule has 182 valence electrons. The van der Waals surface area contributed by atoms with Gasteiger partial charge < -0.3 is 26.8 Å². The van der Waals surface area contributed by atoms with Crippen LogP contribution in [0.25, 0.3) is 0 Å². The van der Waals surface area contributed by atoms with Gasteiger partial charge in [0.2, 0.25) is 0 Å². The number of carbonyl (C=O) groups is 3. The summed E-state index contributed by atoms with van der Waals surface area (Å²) in [6.07, 6.45) is 3.75. The molecule has 0 bridgehead atoms. The predicted molar refractivity (Wildman–Crippen MR) is 139 cm³/mol. The first-order valence-corrected chi connectivity index (χ1v) is 11.5. The van der Waals surface area contributed by atoms with Crippen LogP contribution in [-0.4, -0.2) is 29.4 Å². The fourth-order valence-electron chi connectivity index (χ4n) is 3.63. The van der Waals surface area contributed by atoms with Gasteiger partial charge in [-0.2, -0.15) is 0 Å². The largest absolute Gasteiger partial charge is 0.478 e. The molecule has 6 N–H and O–H groups in total. The van der Waals surface area contributed by atoms with Crippen molar-refractivity contribution in [3.05, 3.63) is 83.4 Å². The Kier molecular flexibility index (Phi) is 8.45. The van der Waals surface area contributed by atoms with E-state index in [1.807, 2.05) is 0 Å². The van der Waals surface area contributed by atoms with Crippen molar-refractivity contribution in [1.29, 1.82) is 0 Å². The summed E-state index contributed by atoms with van der Waals surface area (Å²) in [4.78, 5) is 39.6. The smallest absolute Gasteiger partial charge is 0.335 e. The molecular weight excluding hydrogens is 444 g/mol. The quantitative estimate of drug-likeness (QED) is 0.240. The Morgan fingerprint density at radius 2 is 1.40 bits per heavy atom. The number of hydrogen-bond acceptors (Lipinski definition) is 5. The van der Waals surface area contributed by atoms with Crippen LogP contribution in [0.3, 0.4) is 0 Å². The summed E-state index contributed by atoms with van der Waals surface area (Å²) in [6.45, 7) is 2.50. The van der Waals surface area contributed by atoms with Crippen LogP contribution in [0.2, 0.25) is 0 Å². The molecule has 0 unspecified atom stereocenters. The first kappa shape index (κ1) is 25.3. The van der Waals surface area contributed by atoms with E-state index in [1.54, 1.807) is 59.5 Å². The Morgan fingerprint density at radius 1 is 0.800 bits per heavy atom. The van der Waals surface area contributed by atoms with Gasteiger partial charge in [0.25, 0.3) is 11.8 Å². The van der Waals surface area contributed by atoms with Crippen molar-refractivity contribution < 1.29 is 19.5 Å². The number of nitrogens with two attached hydrogens (primary N) is 2. The van der Waals surface area contributed by atoms with E-state index < -0.39 is 11.9 Å². The Morgan fingerprint density at radius 3 is 1.97 bits per heavy atom. The summed E-state index contributed by atoms with van der Waals surface area (Å²) < 4.78 is 0. The average molecular weight is 475 g/mol. The molecule has 8 heteroatoms. The van der Waals surface area contributed by atoms with Crippen LogP contribution in [-0.2, 0) is 0 Å². The van der Waals surface area contributed by atoms with Crippen molar-refractivity contribution in [2.75, 3.05) is 28.2 Å². The molecule has 0 aromatic heterocycles. The molecule has 0 aliphatic heterocycles. The zero-order chi connectivity index (χ0) is 25.4. The monoisotopic (exact) mass is 474 g/mol. The van der Waals surface area contributed by atoms with Crippen molar-refractivity contribution in [3.8, 4) is 0 Å². The SMILES string of the molecule is CCCCCCN(C(=O)c1ccc(N)cc1)c1cc(NC(=O)c2ccc(N)cc2)cc(C(=O)O)c1. The molecule has 0 heterocycles. The lowest BCUT2D eigenvalue weighted by atomic mass is 10.1. The number of hydrogen-bond donors (Lipinski definition) is 4. The molecule has 2 amide bonds. The highest BCUT2D eigenvalue weighted by molar-refractivity contribution is 6.08. The number of anilines is 4. The molecule has 3 aromatic rings. The molecule has 0 radical (unpaired) electrons. The van der Waals surface area contributed by atoms with Gasteiger partial charge in [0, 0.05) is 40.4 Å². The van der Waals surface area contributed by atoms with Gasteiger partial charge in [0.05, 0.1) is 5.56 Å². The highest BCUT2D eigenvalue weighted by Gasteiger charge is 2.20. The zero-order valence-corrected chi connectivity index (χ0v) is 19.7. The molecule has 0 fully saturated rings. The summed E-state index contributed by atoms with van der Waals surface area (Å²) in [5.41, 5.74) is 13.9. The number of unbranched alkanes of at least 4 members (excludes halogenated alkanes) is 3. The average Bonchev–Trinajstić information content (AvgIpc) is 2.84. The Bertz CT molecular complexity index is 1190. The van der Waals surface area contributed by atoms with Crippen LogP contribution in [0.1, 0.15) is 63.7 Å². The minimum absolute atomic E-state index is 0.0428. The fraction of sp³-hybridized carbons (Fsp3) is 0.222. The summed E-state index contributed by atoms with van der Waals surface area (Å²) >= 11 is 0. The minimum atomic E-state index is -1.17. The Hall–Kier alpha value is -4.33. The topological polar surface area (TPSA) is 139 Å². The van der Waals surface area contributed by atoms with Gasteiger partial charge in [-0.3, -0.25) is 9.59 Å². The number of rotatable bonds is 10. The van der Waals surface area contributed by atoms with E-state index in [4.69, 9.17) is 11.5 Å². The third kappa shape index (κ3) is 6.83. The lowest BCUT2D eigenvalue weighted by molar-refractivity contribution is 0.0696. The van der Waals surface area contributed by atoms with Gasteiger partial charge >= 0.3 is 5.97 Å². The number of nitrogens with one attached hydrogen (secondary N) is 1. The second-order valence-corrected chi connectivity index (χ2v) is 8.29. The van der Waals surface area contributed by atoms with Gasteiger partial charge in [-0.1, -0.05) is 26.2 Å². The van der Waals surface area contributed by atoms with Crippen LogP contribution in [0, 0.1) is 0 Å². The second kappa shape index (κ2) is 11.7. The van der Waals surface area contributed by atoms with Crippen molar-refractivity contribution in [3.63, 3.8) is 0 Å². The summed E-state index contributed by atoms with van der Waals surface area (Å²) in [5, 5.41) is 12.4. The molecule has 35 heavy (non-hydrogen) atoms. The third-order valence-corrected chi connectivity index (χ3v) is 5.55. The van der Waals surface area contributed by atoms with Crippen LogP contribution >= 0.6 is 0 Å². The van der Waals surface area contributed by atoms with Gasteiger partial charge in [0.15, 0.2) is 0 Å². The van der Waals surface area contributed by atoms with Crippen molar-refractivity contribution >= 4 is 40.5 Å². The molecule has 0 aliphatic rings. The van der Waals surface area contributed by atoms with Crippen molar-refractivity contribution in [1.82, 2.24) is 0 Å². The molecule has 8 nitrogen and oxygen atoms in total. The highest BCUT2D eigenvalue weighted by Crippen LogP contribution is 2.26. The first-order valence-electron chi connectivity index (χ1n) is 11.5. The predicted octanol–water partition coefficient (Wildman–Crippen LogP) is 5.03. The van der Waals surface area contributed by atoms with Gasteiger partial charge in [-0.25, -0.2) is 4.79 Å². The number of carbonyl (C=O) groups excluding carboxylic acids is 2. The van der Waals surface area contributed by atoms with E-state index in [-0.39, 0.29) is 17.2 Å². The van der Waals surface area contributed by atoms with Gasteiger partial charge in [-0.15, -0.1) is 0 Å². The molecule has 0 aliphatic carbocycles. The summed E-state index contributed by atoms with van der Waals surface area (Å²) in [5.74, 6) is -1.86. The van der Waals surface area contributed by atoms with E-state index in [0.717, 1.165) is 25.7 Å². The fourth-order valence-corrected chi connectivity index (χ4v) is 3.63. The minimum Gasteiger partial charge on any atom is -0.478 e. The van der Waals surface area contributed by atoms with E-state index in [0.29, 0.717) is 34.7 Å². The van der Waals surface area contributed by atoms with E-state index in [2.05, 4.69) is 12.2 Å². The normalized spacial score (nSPS) is 10.5. The van der Waals surface area contributed by atoms with E-state index in [1.165, 1.54) is 12.1 Å². The maximum Gasteiger partial charge on any atom is 0.335 e. The van der Waals surface area contributed by atoms with E-state index >= 15 is 0 Å². The number of carboxylic acids is 1. The molecule has 0 saturated heterocycles. The maximum atomic E-state index is 13.4. The Labute approximate surface area is 204 Å². The standard InChI is InChI=1S/C27H30N4O4/c1-2-3-4-5-14-31(26(33)19-8-12-22(29)13-9-19)24-16-20(27(34)35)15-23(17-24)30-25(32)18-6-10-21(28)11-7-18/h6-13,15-17H,2-5,14,28-29H2,1H3,(H,30,32)(H,34,35). The van der Waals surface area contributed by atoms with E-state index in [9.17, 15) is 19.5 Å². The summed E-state index contributed by atoms with van der Waals surface area (Å²) in [6, 6.07) is 17.4. The second-order valence-electron chi connectivity index (χ2n) is 8.29. The lowest BCUT2D eigenvalue weighted by Crippen LogP contribution is -2.32. The van der Waals surface area contributed by atoms with Crippen LogP contribution in [0.5, 0.6) is 0 Å². The zero-order valence-electron chi connectivity index (χ0n) is 19.7. The van der Waals surface area contributed by atoms with Crippen LogP contribution < -0.4 is 21.7 Å². The van der Waals surface area contributed by atoms with Crippen LogP contribution in [0.15, 0.2) is 66.7 Å². The number of amides is 2. The molecule has 0 saturated carbocycles. The summed E-state index contributed by atoms with van der Waals surface area (Å²) in [7, 11) is 0. The van der Waals surface area contributed by atoms with Crippen molar-refractivity contribution in [2.24, 2.45) is 0 Å². The number of benzene rings is 3. The molecule has 3 rings (SSSR count). The third-order valence-electron chi connectivity index (χ3n) is 5.55. The molecule has 3 aromatic carbocycles. The number of aromatic carboxylic acids is 1.